The Morgan fingerprint density at radius 1 is 1.27 bits per heavy atom. The first kappa shape index (κ1) is 15.3. The van der Waals surface area contributed by atoms with E-state index >= 15 is 0 Å². The highest BCUT2D eigenvalue weighted by atomic mass is 16.3. The SMILES string of the molecule is O=C(NCc1ccco1)C1CCN(CC2CC=CCC2)CC1. The first-order chi connectivity index (χ1) is 10.8. The summed E-state index contributed by atoms with van der Waals surface area (Å²) >= 11 is 0. The van der Waals surface area contributed by atoms with Crippen LogP contribution in [0.25, 0.3) is 0 Å². The molecule has 4 heteroatoms. The lowest BCUT2D eigenvalue weighted by Crippen LogP contribution is -2.42. The number of furan rings is 1. The predicted molar refractivity (Wildman–Crippen MR) is 86.2 cm³/mol. The van der Waals surface area contributed by atoms with E-state index in [9.17, 15) is 4.79 Å². The number of nitrogens with zero attached hydrogens (tertiary/aromatic N) is 1. The molecule has 1 aromatic rings. The zero-order chi connectivity index (χ0) is 15.2. The molecule has 0 aromatic carbocycles. The third-order valence-electron chi connectivity index (χ3n) is 4.87. The lowest BCUT2D eigenvalue weighted by atomic mass is 9.91. The van der Waals surface area contributed by atoms with Gasteiger partial charge in [-0.25, -0.2) is 0 Å². The molecule has 1 aliphatic heterocycles. The Balaban J connectivity index is 1.37. The minimum absolute atomic E-state index is 0.164. The number of piperidine rings is 1. The van der Waals surface area contributed by atoms with E-state index < -0.39 is 0 Å². The number of rotatable bonds is 5. The molecule has 3 rings (SSSR count). The summed E-state index contributed by atoms with van der Waals surface area (Å²) in [6, 6.07) is 3.74. The van der Waals surface area contributed by atoms with Crippen LogP contribution < -0.4 is 5.32 Å². The normalized spacial score (nSPS) is 23.5. The van der Waals surface area contributed by atoms with Crippen molar-refractivity contribution >= 4 is 5.91 Å². The van der Waals surface area contributed by atoms with Crippen LogP contribution in [0.4, 0.5) is 0 Å². The highest BCUT2D eigenvalue weighted by molar-refractivity contribution is 5.78. The minimum atomic E-state index is 0.164. The molecule has 1 unspecified atom stereocenters. The van der Waals surface area contributed by atoms with Crippen LogP contribution in [0.15, 0.2) is 35.0 Å². The van der Waals surface area contributed by atoms with Gasteiger partial charge in [0.25, 0.3) is 0 Å². The van der Waals surface area contributed by atoms with E-state index in [1.807, 2.05) is 12.1 Å². The number of carbonyl (C=O) groups is 1. The van der Waals surface area contributed by atoms with E-state index in [-0.39, 0.29) is 11.8 Å². The van der Waals surface area contributed by atoms with E-state index in [0.717, 1.165) is 37.6 Å². The number of likely N-dealkylation sites (tertiary alicyclic amines) is 1. The molecule has 1 fully saturated rings. The van der Waals surface area contributed by atoms with E-state index in [2.05, 4.69) is 22.4 Å². The standard InChI is InChI=1S/C18H26N2O2/c21-18(19-13-17-7-4-12-22-17)16-8-10-20(11-9-16)14-15-5-2-1-3-6-15/h1-2,4,7,12,15-16H,3,5-6,8-11,13-14H2,(H,19,21). The first-order valence-corrected chi connectivity index (χ1v) is 8.48. The average Bonchev–Trinajstić information content (AvgIpc) is 3.08. The Hall–Kier alpha value is -1.55. The van der Waals surface area contributed by atoms with Crippen LogP contribution in [0.1, 0.15) is 37.9 Å². The number of amides is 1. The molecule has 1 aliphatic carbocycles. The predicted octanol–water partition coefficient (Wildman–Crippen LogP) is 2.96. The maximum Gasteiger partial charge on any atom is 0.223 e. The molecule has 1 saturated heterocycles. The lowest BCUT2D eigenvalue weighted by Gasteiger charge is -2.34. The Labute approximate surface area is 132 Å². The summed E-state index contributed by atoms with van der Waals surface area (Å²) in [4.78, 5) is 14.8. The van der Waals surface area contributed by atoms with Crippen LogP contribution in [0.2, 0.25) is 0 Å². The van der Waals surface area contributed by atoms with Crippen molar-refractivity contribution in [3.63, 3.8) is 0 Å². The van der Waals surface area contributed by atoms with E-state index in [0.29, 0.717) is 6.54 Å². The molecule has 1 atom stereocenters. The second-order valence-corrected chi connectivity index (χ2v) is 6.52. The topological polar surface area (TPSA) is 45.5 Å². The smallest absolute Gasteiger partial charge is 0.223 e. The molecule has 0 radical (unpaired) electrons. The van der Waals surface area contributed by atoms with Crippen molar-refractivity contribution in [2.75, 3.05) is 19.6 Å². The molecule has 0 bridgehead atoms. The van der Waals surface area contributed by atoms with Gasteiger partial charge in [0.1, 0.15) is 5.76 Å². The average molecular weight is 302 g/mol. The second-order valence-electron chi connectivity index (χ2n) is 6.52. The van der Waals surface area contributed by atoms with E-state index in [1.54, 1.807) is 6.26 Å². The first-order valence-electron chi connectivity index (χ1n) is 8.48. The van der Waals surface area contributed by atoms with Crippen molar-refractivity contribution in [2.45, 2.75) is 38.6 Å². The summed E-state index contributed by atoms with van der Waals surface area (Å²) in [5.74, 6) is 1.97. The van der Waals surface area contributed by atoms with Gasteiger partial charge in [0, 0.05) is 12.5 Å². The van der Waals surface area contributed by atoms with Crippen LogP contribution in [0.5, 0.6) is 0 Å². The number of allylic oxidation sites excluding steroid dienone is 2. The number of carbonyl (C=O) groups excluding carboxylic acids is 1. The van der Waals surface area contributed by atoms with Crippen LogP contribution in [-0.4, -0.2) is 30.4 Å². The monoisotopic (exact) mass is 302 g/mol. The third-order valence-corrected chi connectivity index (χ3v) is 4.87. The van der Waals surface area contributed by atoms with Crippen molar-refractivity contribution in [1.29, 1.82) is 0 Å². The van der Waals surface area contributed by atoms with Gasteiger partial charge in [0.2, 0.25) is 5.91 Å². The van der Waals surface area contributed by atoms with Gasteiger partial charge in [-0.3, -0.25) is 4.79 Å². The van der Waals surface area contributed by atoms with Gasteiger partial charge in [-0.05, 0) is 63.2 Å². The van der Waals surface area contributed by atoms with E-state index in [1.165, 1.54) is 25.8 Å². The third kappa shape index (κ3) is 4.23. The molecule has 2 heterocycles. The molecule has 1 amide bonds. The Bertz CT molecular complexity index is 487. The van der Waals surface area contributed by atoms with Crippen molar-refractivity contribution < 1.29 is 9.21 Å². The van der Waals surface area contributed by atoms with Gasteiger partial charge in [0.15, 0.2) is 0 Å². The summed E-state index contributed by atoms with van der Waals surface area (Å²) in [6.45, 7) is 3.81. The summed E-state index contributed by atoms with van der Waals surface area (Å²) < 4.78 is 5.24. The van der Waals surface area contributed by atoms with Crippen molar-refractivity contribution in [3.05, 3.63) is 36.3 Å². The van der Waals surface area contributed by atoms with Gasteiger partial charge in [-0.2, -0.15) is 0 Å². The zero-order valence-electron chi connectivity index (χ0n) is 13.2. The van der Waals surface area contributed by atoms with Gasteiger partial charge < -0.3 is 14.6 Å². The molecule has 2 aliphatic rings. The largest absolute Gasteiger partial charge is 0.467 e. The number of hydrogen-bond donors (Lipinski definition) is 1. The van der Waals surface area contributed by atoms with Gasteiger partial charge in [-0.1, -0.05) is 12.2 Å². The molecule has 22 heavy (non-hydrogen) atoms. The maximum atomic E-state index is 12.2. The summed E-state index contributed by atoms with van der Waals surface area (Å²) in [5.41, 5.74) is 0. The molecule has 4 nitrogen and oxygen atoms in total. The summed E-state index contributed by atoms with van der Waals surface area (Å²) in [5, 5.41) is 2.99. The van der Waals surface area contributed by atoms with Crippen LogP contribution in [0, 0.1) is 11.8 Å². The summed E-state index contributed by atoms with van der Waals surface area (Å²) in [6.07, 6.45) is 12.0. The minimum Gasteiger partial charge on any atom is -0.467 e. The fourth-order valence-electron chi connectivity index (χ4n) is 3.50. The van der Waals surface area contributed by atoms with Gasteiger partial charge >= 0.3 is 0 Å². The van der Waals surface area contributed by atoms with Crippen LogP contribution in [-0.2, 0) is 11.3 Å². The molecule has 1 aromatic heterocycles. The maximum absolute atomic E-state index is 12.2. The molecular weight excluding hydrogens is 276 g/mol. The van der Waals surface area contributed by atoms with Gasteiger partial charge in [-0.15, -0.1) is 0 Å². The highest BCUT2D eigenvalue weighted by Gasteiger charge is 2.26. The fraction of sp³-hybridized carbons (Fsp3) is 0.611. The molecule has 120 valence electrons. The molecule has 0 spiro atoms. The van der Waals surface area contributed by atoms with Gasteiger partial charge in [0.05, 0.1) is 12.8 Å². The quantitative estimate of drug-likeness (QED) is 0.851. The van der Waals surface area contributed by atoms with Crippen molar-refractivity contribution in [3.8, 4) is 0 Å². The van der Waals surface area contributed by atoms with Crippen LogP contribution in [0.3, 0.4) is 0 Å². The highest BCUT2D eigenvalue weighted by Crippen LogP contribution is 2.23. The van der Waals surface area contributed by atoms with Crippen molar-refractivity contribution in [2.24, 2.45) is 11.8 Å². The van der Waals surface area contributed by atoms with Crippen molar-refractivity contribution in [1.82, 2.24) is 10.2 Å². The Morgan fingerprint density at radius 2 is 2.14 bits per heavy atom. The Kier molecular flexibility index (Phi) is 5.33. The summed E-state index contributed by atoms with van der Waals surface area (Å²) in [7, 11) is 0. The zero-order valence-corrected chi connectivity index (χ0v) is 13.2. The molecule has 1 N–H and O–H groups in total. The molecular formula is C18H26N2O2. The van der Waals surface area contributed by atoms with E-state index in [4.69, 9.17) is 4.42 Å². The second kappa shape index (κ2) is 7.63. The number of nitrogens with one attached hydrogen (secondary N) is 1. The fourth-order valence-corrected chi connectivity index (χ4v) is 3.50. The lowest BCUT2D eigenvalue weighted by molar-refractivity contribution is -0.126. The Morgan fingerprint density at radius 3 is 2.82 bits per heavy atom. The number of hydrogen-bond acceptors (Lipinski definition) is 3. The molecule has 0 saturated carbocycles. The van der Waals surface area contributed by atoms with Crippen LogP contribution >= 0.6 is 0 Å².